The smallest absolute Gasteiger partial charge is 0.309 e. The van der Waals surface area contributed by atoms with Crippen molar-refractivity contribution in [3.05, 3.63) is 0 Å². The van der Waals surface area contributed by atoms with Gasteiger partial charge in [-0.1, -0.05) is 13.8 Å². The number of hydrogen-bond acceptors (Lipinski definition) is 4. The van der Waals surface area contributed by atoms with Crippen molar-refractivity contribution in [2.45, 2.75) is 40.5 Å². The van der Waals surface area contributed by atoms with Crippen LogP contribution in [0.3, 0.4) is 0 Å². The largest absolute Gasteiger partial charge is 0.331 e. The van der Waals surface area contributed by atoms with Gasteiger partial charge in [0.2, 0.25) is 0 Å². The molecule has 0 fully saturated rings. The van der Waals surface area contributed by atoms with Crippen LogP contribution < -0.4 is 0 Å². The Kier molecular flexibility index (Phi) is 10.1. The van der Waals surface area contributed by atoms with Crippen LogP contribution in [0.25, 0.3) is 0 Å². The summed E-state index contributed by atoms with van der Waals surface area (Å²) in [6, 6.07) is 0. The van der Waals surface area contributed by atoms with Crippen molar-refractivity contribution < 1.29 is 13.6 Å². The van der Waals surface area contributed by atoms with Gasteiger partial charge in [0.15, 0.2) is 0 Å². The van der Waals surface area contributed by atoms with Crippen LogP contribution in [0.4, 0.5) is 0 Å². The molecule has 104 valence electrons. The SMILES string of the molecule is CCCN(CCC)CCP(=O)(OCC)OCC. The van der Waals surface area contributed by atoms with Crippen molar-refractivity contribution >= 4 is 7.60 Å². The van der Waals surface area contributed by atoms with E-state index in [0.717, 1.165) is 32.5 Å². The van der Waals surface area contributed by atoms with E-state index in [2.05, 4.69) is 18.7 Å². The molecule has 0 aromatic carbocycles. The van der Waals surface area contributed by atoms with Crippen LogP contribution in [0.2, 0.25) is 0 Å². The summed E-state index contributed by atoms with van der Waals surface area (Å²) in [4.78, 5) is 2.32. The molecule has 0 aromatic heterocycles. The van der Waals surface area contributed by atoms with Gasteiger partial charge in [-0.25, -0.2) is 0 Å². The molecule has 4 nitrogen and oxygen atoms in total. The van der Waals surface area contributed by atoms with Crippen molar-refractivity contribution in [3.63, 3.8) is 0 Å². The third-order valence-corrected chi connectivity index (χ3v) is 4.47. The van der Waals surface area contributed by atoms with Crippen molar-refractivity contribution in [2.75, 3.05) is 39.0 Å². The van der Waals surface area contributed by atoms with E-state index in [9.17, 15) is 4.57 Å². The van der Waals surface area contributed by atoms with Gasteiger partial charge in [0, 0.05) is 6.54 Å². The Labute approximate surface area is 106 Å². The summed E-state index contributed by atoms with van der Waals surface area (Å²) in [5.74, 6) is 0. The van der Waals surface area contributed by atoms with Crippen LogP contribution in [0.15, 0.2) is 0 Å². The van der Waals surface area contributed by atoms with Gasteiger partial charge >= 0.3 is 7.60 Å². The second kappa shape index (κ2) is 10.1. The number of rotatable bonds is 11. The highest BCUT2D eigenvalue weighted by molar-refractivity contribution is 7.53. The molecule has 0 rings (SSSR count). The summed E-state index contributed by atoms with van der Waals surface area (Å²) in [5, 5.41) is 0. The first-order chi connectivity index (χ1) is 8.11. The molecule has 0 aliphatic rings. The van der Waals surface area contributed by atoms with Crippen molar-refractivity contribution in [1.29, 1.82) is 0 Å². The third kappa shape index (κ3) is 7.93. The van der Waals surface area contributed by atoms with Gasteiger partial charge in [0.1, 0.15) is 0 Å². The number of hydrogen-bond donors (Lipinski definition) is 0. The molecule has 0 aliphatic carbocycles. The molecular formula is C12H28NO3P. The predicted octanol–water partition coefficient (Wildman–Crippen LogP) is 3.37. The minimum Gasteiger partial charge on any atom is -0.309 e. The molecular weight excluding hydrogens is 237 g/mol. The Morgan fingerprint density at radius 2 is 1.35 bits per heavy atom. The molecule has 0 spiro atoms. The van der Waals surface area contributed by atoms with E-state index in [0.29, 0.717) is 19.4 Å². The minimum atomic E-state index is -2.86. The lowest BCUT2D eigenvalue weighted by Crippen LogP contribution is -2.29. The topological polar surface area (TPSA) is 38.8 Å². The fourth-order valence-electron chi connectivity index (χ4n) is 1.79. The van der Waals surface area contributed by atoms with E-state index in [1.165, 1.54) is 0 Å². The lowest BCUT2D eigenvalue weighted by atomic mass is 10.3. The standard InChI is InChI=1S/C12H28NO3P/c1-5-9-13(10-6-2)11-12-17(14,15-7-3)16-8-4/h5-12H2,1-4H3. The van der Waals surface area contributed by atoms with Crippen LogP contribution in [0.5, 0.6) is 0 Å². The Hall–Kier alpha value is 0.110. The normalized spacial score (nSPS) is 12.3. The van der Waals surface area contributed by atoms with Crippen molar-refractivity contribution in [3.8, 4) is 0 Å². The second-order valence-corrected chi connectivity index (χ2v) is 6.20. The fraction of sp³-hybridized carbons (Fsp3) is 1.00. The Morgan fingerprint density at radius 3 is 1.71 bits per heavy atom. The summed E-state index contributed by atoms with van der Waals surface area (Å²) in [6.45, 7) is 11.8. The van der Waals surface area contributed by atoms with Gasteiger partial charge in [-0.3, -0.25) is 4.57 Å². The monoisotopic (exact) mass is 265 g/mol. The number of nitrogens with zero attached hydrogens (tertiary/aromatic N) is 1. The maximum atomic E-state index is 12.3. The molecule has 0 N–H and O–H groups in total. The zero-order valence-corrected chi connectivity index (χ0v) is 12.7. The summed E-state index contributed by atoms with van der Waals surface area (Å²) in [5.41, 5.74) is 0. The molecule has 0 unspecified atom stereocenters. The van der Waals surface area contributed by atoms with E-state index >= 15 is 0 Å². The Balaban J connectivity index is 4.20. The van der Waals surface area contributed by atoms with Crippen molar-refractivity contribution in [2.24, 2.45) is 0 Å². The quantitative estimate of drug-likeness (QED) is 0.537. The van der Waals surface area contributed by atoms with Gasteiger partial charge in [0.05, 0.1) is 19.4 Å². The van der Waals surface area contributed by atoms with Gasteiger partial charge in [0.25, 0.3) is 0 Å². The van der Waals surface area contributed by atoms with Crippen LogP contribution in [-0.4, -0.2) is 43.9 Å². The average molecular weight is 265 g/mol. The maximum absolute atomic E-state index is 12.3. The highest BCUT2D eigenvalue weighted by atomic mass is 31.2. The fourth-order valence-corrected chi connectivity index (χ4v) is 3.44. The predicted molar refractivity (Wildman–Crippen MR) is 72.7 cm³/mol. The zero-order valence-electron chi connectivity index (χ0n) is 11.8. The summed E-state index contributed by atoms with van der Waals surface area (Å²) in [6.07, 6.45) is 2.73. The van der Waals surface area contributed by atoms with Crippen LogP contribution >= 0.6 is 7.60 Å². The Morgan fingerprint density at radius 1 is 0.882 bits per heavy atom. The van der Waals surface area contributed by atoms with E-state index in [-0.39, 0.29) is 0 Å². The lowest BCUT2D eigenvalue weighted by Gasteiger charge is -2.24. The molecule has 0 radical (unpaired) electrons. The van der Waals surface area contributed by atoms with Gasteiger partial charge in [-0.05, 0) is 39.8 Å². The molecule has 0 aromatic rings. The third-order valence-electron chi connectivity index (χ3n) is 2.42. The molecule has 0 aliphatic heterocycles. The van der Waals surface area contributed by atoms with E-state index in [4.69, 9.17) is 9.05 Å². The summed E-state index contributed by atoms with van der Waals surface area (Å²) >= 11 is 0. The zero-order chi connectivity index (χ0) is 13.1. The summed E-state index contributed by atoms with van der Waals surface area (Å²) < 4.78 is 22.8. The highest BCUT2D eigenvalue weighted by Gasteiger charge is 2.23. The second-order valence-electron chi connectivity index (χ2n) is 4.01. The van der Waals surface area contributed by atoms with Gasteiger partial charge in [-0.15, -0.1) is 0 Å². The minimum absolute atomic E-state index is 0.443. The molecule has 17 heavy (non-hydrogen) atoms. The first-order valence-corrected chi connectivity index (χ1v) is 8.45. The lowest BCUT2D eigenvalue weighted by molar-refractivity contribution is 0.211. The molecule has 0 atom stereocenters. The van der Waals surface area contributed by atoms with E-state index < -0.39 is 7.60 Å². The highest BCUT2D eigenvalue weighted by Crippen LogP contribution is 2.47. The first kappa shape index (κ1) is 17.1. The van der Waals surface area contributed by atoms with Crippen molar-refractivity contribution in [1.82, 2.24) is 4.90 Å². The molecule has 0 saturated carbocycles. The Bertz CT molecular complexity index is 208. The molecule has 0 bridgehead atoms. The van der Waals surface area contributed by atoms with Gasteiger partial charge < -0.3 is 13.9 Å². The van der Waals surface area contributed by atoms with Crippen LogP contribution in [0.1, 0.15) is 40.5 Å². The molecule has 0 saturated heterocycles. The maximum Gasteiger partial charge on any atom is 0.331 e. The first-order valence-electron chi connectivity index (χ1n) is 6.72. The van der Waals surface area contributed by atoms with E-state index in [1.54, 1.807) is 0 Å². The van der Waals surface area contributed by atoms with Crippen LogP contribution in [0, 0.1) is 0 Å². The van der Waals surface area contributed by atoms with Crippen LogP contribution in [-0.2, 0) is 13.6 Å². The molecule has 0 amide bonds. The van der Waals surface area contributed by atoms with E-state index in [1.807, 2.05) is 13.8 Å². The average Bonchev–Trinajstić information content (AvgIpc) is 2.27. The molecule has 5 heteroatoms. The summed E-state index contributed by atoms with van der Waals surface area (Å²) in [7, 11) is -2.86. The van der Waals surface area contributed by atoms with Gasteiger partial charge in [-0.2, -0.15) is 0 Å². The molecule has 0 heterocycles.